The Balaban J connectivity index is 1.71. The minimum Gasteiger partial charge on any atom is -0.310 e. The zero-order chi connectivity index (χ0) is 16.1. The van der Waals surface area contributed by atoms with Gasteiger partial charge in [-0.3, -0.25) is 4.99 Å². The van der Waals surface area contributed by atoms with Crippen LogP contribution in [0.15, 0.2) is 34.3 Å². The van der Waals surface area contributed by atoms with Crippen molar-refractivity contribution in [3.8, 4) is 0 Å². The second-order valence-corrected chi connectivity index (χ2v) is 8.06. The summed E-state index contributed by atoms with van der Waals surface area (Å²) in [6.07, 6.45) is 6.05. The maximum absolute atomic E-state index is 6.06. The third-order valence-electron chi connectivity index (χ3n) is 5.00. The number of fused-ring (bicyclic) bond motifs is 5. The van der Waals surface area contributed by atoms with Crippen LogP contribution in [0.25, 0.3) is 0 Å². The number of benzene rings is 1. The monoisotopic (exact) mass is 355 g/mol. The van der Waals surface area contributed by atoms with Crippen LogP contribution in [0, 0.1) is 0 Å². The van der Waals surface area contributed by atoms with Crippen molar-refractivity contribution in [3.05, 3.63) is 50.9 Å². The Kier molecular flexibility index (Phi) is 3.49. The Morgan fingerprint density at radius 3 is 2.71 bits per heavy atom. The van der Waals surface area contributed by atoms with E-state index in [1.54, 1.807) is 0 Å². The molecule has 122 valence electrons. The van der Waals surface area contributed by atoms with Crippen molar-refractivity contribution in [1.82, 2.24) is 4.90 Å². The first-order chi connectivity index (χ1) is 11.8. The number of aryl methyl sites for hydroxylation is 1. The van der Waals surface area contributed by atoms with Gasteiger partial charge in [0.2, 0.25) is 0 Å². The number of hydrogen-bond acceptors (Lipinski definition) is 4. The zero-order valence-electron chi connectivity index (χ0n) is 13.4. The third kappa shape index (κ3) is 2.24. The molecule has 24 heavy (non-hydrogen) atoms. The predicted octanol–water partition coefficient (Wildman–Crippen LogP) is 4.82. The molecular weight excluding hydrogens is 338 g/mol. The molecule has 0 atom stereocenters. The van der Waals surface area contributed by atoms with Gasteiger partial charge >= 0.3 is 0 Å². The van der Waals surface area contributed by atoms with Crippen LogP contribution in [-0.4, -0.2) is 29.7 Å². The van der Waals surface area contributed by atoms with Crippen molar-refractivity contribution in [2.24, 2.45) is 9.98 Å². The molecule has 1 aliphatic carbocycles. The number of amidine groups is 2. The highest BCUT2D eigenvalue weighted by atomic mass is 35.5. The molecule has 2 aromatic rings. The summed E-state index contributed by atoms with van der Waals surface area (Å²) in [5, 5.41) is 1.92. The Bertz CT molecular complexity index is 863. The maximum atomic E-state index is 6.06. The fourth-order valence-corrected chi connectivity index (χ4v) is 5.24. The molecule has 3 heterocycles. The Hall–Kier alpha value is -1.65. The molecule has 3 aliphatic rings. The van der Waals surface area contributed by atoms with E-state index in [1.807, 2.05) is 23.5 Å². The second kappa shape index (κ2) is 5.71. The molecule has 0 spiro atoms. The lowest BCUT2D eigenvalue weighted by Crippen LogP contribution is -2.43. The lowest BCUT2D eigenvalue weighted by molar-refractivity contribution is 0.546. The van der Waals surface area contributed by atoms with E-state index < -0.39 is 0 Å². The summed E-state index contributed by atoms with van der Waals surface area (Å²) in [6.45, 7) is 1.91. The first kappa shape index (κ1) is 14.7. The Morgan fingerprint density at radius 1 is 1.00 bits per heavy atom. The van der Waals surface area contributed by atoms with Crippen LogP contribution >= 0.6 is 22.9 Å². The average Bonchev–Trinajstić information content (AvgIpc) is 3.00. The molecular formula is C19H18ClN3S. The van der Waals surface area contributed by atoms with Crippen molar-refractivity contribution in [2.45, 2.75) is 32.1 Å². The van der Waals surface area contributed by atoms with E-state index in [1.165, 1.54) is 41.7 Å². The molecule has 0 saturated heterocycles. The SMILES string of the molecule is Clc1ccc(C2=Nc3sc4c(c3C3=NCCCN23)CCCC4)cc1. The lowest BCUT2D eigenvalue weighted by atomic mass is 9.93. The quantitative estimate of drug-likeness (QED) is 0.720. The standard InChI is InChI=1S/C19H18ClN3S/c20-13-8-6-12(7-9-13)17-22-19-16(18-21-10-3-11-23(17)18)14-4-1-2-5-15(14)24-19/h6-9H,1-5,10-11H2. The summed E-state index contributed by atoms with van der Waals surface area (Å²) in [7, 11) is 0. The van der Waals surface area contributed by atoms with Crippen molar-refractivity contribution in [1.29, 1.82) is 0 Å². The summed E-state index contributed by atoms with van der Waals surface area (Å²) in [4.78, 5) is 13.8. The van der Waals surface area contributed by atoms with E-state index in [-0.39, 0.29) is 0 Å². The van der Waals surface area contributed by atoms with E-state index >= 15 is 0 Å². The van der Waals surface area contributed by atoms with Gasteiger partial charge in [0.15, 0.2) is 0 Å². The zero-order valence-corrected chi connectivity index (χ0v) is 15.0. The Morgan fingerprint density at radius 2 is 1.83 bits per heavy atom. The summed E-state index contributed by atoms with van der Waals surface area (Å²) in [6, 6.07) is 8.00. The van der Waals surface area contributed by atoms with Gasteiger partial charge < -0.3 is 4.90 Å². The molecule has 0 amide bonds. The van der Waals surface area contributed by atoms with Crippen molar-refractivity contribution in [3.63, 3.8) is 0 Å². The van der Waals surface area contributed by atoms with E-state index in [9.17, 15) is 0 Å². The van der Waals surface area contributed by atoms with Crippen LogP contribution in [-0.2, 0) is 12.8 Å². The predicted molar refractivity (Wildman–Crippen MR) is 101 cm³/mol. The average molecular weight is 356 g/mol. The largest absolute Gasteiger partial charge is 0.310 e. The van der Waals surface area contributed by atoms with Gasteiger partial charge in [0.25, 0.3) is 0 Å². The molecule has 1 aromatic carbocycles. The normalized spacial score (nSPS) is 19.1. The fourth-order valence-electron chi connectivity index (χ4n) is 3.86. The first-order valence-corrected chi connectivity index (χ1v) is 9.82. The summed E-state index contributed by atoms with van der Waals surface area (Å²) in [5.41, 5.74) is 3.96. The molecule has 0 N–H and O–H groups in total. The molecule has 0 unspecified atom stereocenters. The van der Waals surface area contributed by atoms with Gasteiger partial charge in [-0.25, -0.2) is 4.99 Å². The van der Waals surface area contributed by atoms with Crippen LogP contribution in [0.4, 0.5) is 5.00 Å². The number of rotatable bonds is 1. The molecule has 5 rings (SSSR count). The van der Waals surface area contributed by atoms with Crippen molar-refractivity contribution >= 4 is 39.6 Å². The maximum Gasteiger partial charge on any atom is 0.143 e. The fraction of sp³-hybridized carbons (Fsp3) is 0.368. The smallest absolute Gasteiger partial charge is 0.143 e. The van der Waals surface area contributed by atoms with Gasteiger partial charge in [-0.05, 0) is 61.9 Å². The van der Waals surface area contributed by atoms with Crippen molar-refractivity contribution < 1.29 is 0 Å². The summed E-state index contributed by atoms with van der Waals surface area (Å²) in [5.74, 6) is 2.17. The highest BCUT2D eigenvalue weighted by molar-refractivity contribution is 7.16. The van der Waals surface area contributed by atoms with E-state index in [0.717, 1.165) is 46.8 Å². The van der Waals surface area contributed by atoms with E-state index in [0.29, 0.717) is 0 Å². The Labute approximate surface area is 150 Å². The lowest BCUT2D eigenvalue weighted by Gasteiger charge is -2.34. The summed E-state index contributed by atoms with van der Waals surface area (Å²) >= 11 is 7.94. The molecule has 0 fully saturated rings. The number of aliphatic imine (C=N–C) groups is 2. The molecule has 1 aromatic heterocycles. The first-order valence-electron chi connectivity index (χ1n) is 8.63. The van der Waals surface area contributed by atoms with E-state index in [4.69, 9.17) is 21.6 Å². The van der Waals surface area contributed by atoms with Crippen LogP contribution in [0.3, 0.4) is 0 Å². The second-order valence-electron chi connectivity index (χ2n) is 6.54. The van der Waals surface area contributed by atoms with Gasteiger partial charge in [0.05, 0.1) is 5.56 Å². The van der Waals surface area contributed by atoms with Gasteiger partial charge in [-0.2, -0.15) is 0 Å². The molecule has 3 nitrogen and oxygen atoms in total. The third-order valence-corrected chi connectivity index (χ3v) is 6.44. The molecule has 0 saturated carbocycles. The number of nitrogens with zero attached hydrogens (tertiary/aromatic N) is 3. The minimum atomic E-state index is 0.759. The molecule has 0 radical (unpaired) electrons. The topological polar surface area (TPSA) is 28.0 Å². The van der Waals surface area contributed by atoms with Crippen LogP contribution < -0.4 is 0 Å². The van der Waals surface area contributed by atoms with Gasteiger partial charge in [-0.1, -0.05) is 11.6 Å². The highest BCUT2D eigenvalue weighted by Crippen LogP contribution is 2.43. The van der Waals surface area contributed by atoms with Gasteiger partial charge in [-0.15, -0.1) is 11.3 Å². The molecule has 5 heteroatoms. The molecule has 0 bridgehead atoms. The summed E-state index contributed by atoms with van der Waals surface area (Å²) < 4.78 is 0. The van der Waals surface area contributed by atoms with Crippen LogP contribution in [0.2, 0.25) is 5.02 Å². The number of thiophene rings is 1. The number of hydrogen-bond donors (Lipinski definition) is 0. The van der Waals surface area contributed by atoms with Crippen LogP contribution in [0.1, 0.15) is 40.8 Å². The highest BCUT2D eigenvalue weighted by Gasteiger charge is 2.34. The minimum absolute atomic E-state index is 0.759. The number of halogens is 1. The van der Waals surface area contributed by atoms with E-state index in [2.05, 4.69) is 17.0 Å². The van der Waals surface area contributed by atoms with Gasteiger partial charge in [0, 0.05) is 28.6 Å². The molecule has 2 aliphatic heterocycles. The van der Waals surface area contributed by atoms with Gasteiger partial charge in [0.1, 0.15) is 16.7 Å². The van der Waals surface area contributed by atoms with Crippen molar-refractivity contribution in [2.75, 3.05) is 13.1 Å². The van der Waals surface area contributed by atoms with Crippen LogP contribution in [0.5, 0.6) is 0 Å².